The van der Waals surface area contributed by atoms with Gasteiger partial charge >= 0.3 is 0 Å². The summed E-state index contributed by atoms with van der Waals surface area (Å²) in [7, 11) is 0. The molecule has 0 aromatic carbocycles. The zero-order chi connectivity index (χ0) is 13.1. The van der Waals surface area contributed by atoms with E-state index in [9.17, 15) is 0 Å². The summed E-state index contributed by atoms with van der Waals surface area (Å²) in [6, 6.07) is 7.97. The van der Waals surface area contributed by atoms with Gasteiger partial charge in [0.25, 0.3) is 0 Å². The highest BCUT2D eigenvalue weighted by Gasteiger charge is 2.22. The molecule has 0 radical (unpaired) electrons. The lowest BCUT2D eigenvalue weighted by molar-refractivity contribution is 0.184. The molecule has 1 N–H and O–H groups in total. The summed E-state index contributed by atoms with van der Waals surface area (Å²) in [4.78, 5) is 1.18. The molecule has 1 aliphatic heterocycles. The van der Waals surface area contributed by atoms with Gasteiger partial charge in [-0.05, 0) is 36.6 Å². The average Bonchev–Trinajstić information content (AvgIpc) is 3.11. The predicted octanol–water partition coefficient (Wildman–Crippen LogP) is 3.71. The number of halogens is 1. The third-order valence-corrected chi connectivity index (χ3v) is 4.64. The molecule has 0 saturated carbocycles. The third-order valence-electron chi connectivity index (χ3n) is 3.34. The van der Waals surface area contributed by atoms with Crippen LogP contribution in [0.1, 0.15) is 23.1 Å². The molecule has 1 fully saturated rings. The van der Waals surface area contributed by atoms with Crippen molar-refractivity contribution in [3.05, 3.63) is 45.5 Å². The van der Waals surface area contributed by atoms with E-state index in [2.05, 4.69) is 11.4 Å². The number of rotatable bonds is 5. The molecule has 2 unspecified atom stereocenters. The fourth-order valence-electron chi connectivity index (χ4n) is 2.31. The first-order valence-corrected chi connectivity index (χ1v) is 7.62. The van der Waals surface area contributed by atoms with Crippen LogP contribution in [0, 0.1) is 5.92 Å². The van der Waals surface area contributed by atoms with Crippen LogP contribution < -0.4 is 5.32 Å². The SMILES string of the molecule is Clc1ccc(C(NCC2CCOC2)c2ccco2)s1. The first kappa shape index (κ1) is 13.2. The lowest BCUT2D eigenvalue weighted by atomic mass is 10.1. The Hall–Kier alpha value is -0.810. The van der Waals surface area contributed by atoms with E-state index in [1.54, 1.807) is 17.6 Å². The van der Waals surface area contributed by atoms with Crippen LogP contribution in [0.25, 0.3) is 0 Å². The molecular formula is C14H16ClNO2S. The number of hydrogen-bond donors (Lipinski definition) is 1. The lowest BCUT2D eigenvalue weighted by Crippen LogP contribution is -2.27. The average molecular weight is 298 g/mol. The molecule has 3 rings (SSSR count). The van der Waals surface area contributed by atoms with Gasteiger partial charge in [0.15, 0.2) is 0 Å². The summed E-state index contributed by atoms with van der Waals surface area (Å²) in [5.74, 6) is 1.52. The third kappa shape index (κ3) is 3.20. The number of nitrogens with one attached hydrogen (secondary N) is 1. The summed E-state index contributed by atoms with van der Waals surface area (Å²) in [6.07, 6.45) is 2.83. The van der Waals surface area contributed by atoms with Crippen molar-refractivity contribution in [2.75, 3.05) is 19.8 Å². The topological polar surface area (TPSA) is 34.4 Å². The quantitative estimate of drug-likeness (QED) is 0.913. The van der Waals surface area contributed by atoms with Crippen molar-refractivity contribution < 1.29 is 9.15 Å². The monoisotopic (exact) mass is 297 g/mol. The zero-order valence-electron chi connectivity index (χ0n) is 10.5. The first-order valence-electron chi connectivity index (χ1n) is 6.42. The molecular weight excluding hydrogens is 282 g/mol. The molecule has 3 nitrogen and oxygen atoms in total. The van der Waals surface area contributed by atoms with Gasteiger partial charge in [0.1, 0.15) is 11.8 Å². The summed E-state index contributed by atoms with van der Waals surface area (Å²) in [5, 5.41) is 3.57. The Labute approximate surface area is 121 Å². The molecule has 0 amide bonds. The van der Waals surface area contributed by atoms with E-state index in [-0.39, 0.29) is 6.04 Å². The molecule has 2 atom stereocenters. The maximum absolute atomic E-state index is 6.03. The van der Waals surface area contributed by atoms with Crippen LogP contribution in [-0.2, 0) is 4.74 Å². The number of hydrogen-bond acceptors (Lipinski definition) is 4. The molecule has 19 heavy (non-hydrogen) atoms. The van der Waals surface area contributed by atoms with Gasteiger partial charge in [-0.25, -0.2) is 0 Å². The van der Waals surface area contributed by atoms with Crippen molar-refractivity contribution in [1.29, 1.82) is 0 Å². The van der Waals surface area contributed by atoms with Crippen molar-refractivity contribution in [2.24, 2.45) is 5.92 Å². The van der Waals surface area contributed by atoms with Crippen LogP contribution in [0.15, 0.2) is 34.9 Å². The zero-order valence-corrected chi connectivity index (χ0v) is 12.0. The van der Waals surface area contributed by atoms with E-state index in [1.165, 1.54) is 4.88 Å². The molecule has 1 saturated heterocycles. The van der Waals surface area contributed by atoms with E-state index < -0.39 is 0 Å². The van der Waals surface area contributed by atoms with Crippen molar-refractivity contribution in [3.63, 3.8) is 0 Å². The maximum atomic E-state index is 6.03. The second kappa shape index (κ2) is 6.09. The van der Waals surface area contributed by atoms with E-state index in [4.69, 9.17) is 20.8 Å². The van der Waals surface area contributed by atoms with Gasteiger partial charge in [0, 0.05) is 18.0 Å². The minimum absolute atomic E-state index is 0.0769. The highest BCUT2D eigenvalue weighted by molar-refractivity contribution is 7.16. The summed E-state index contributed by atoms with van der Waals surface area (Å²) < 4.78 is 11.8. The molecule has 3 heterocycles. The van der Waals surface area contributed by atoms with Gasteiger partial charge in [-0.1, -0.05) is 11.6 Å². The van der Waals surface area contributed by atoms with E-state index in [0.717, 1.165) is 36.3 Å². The predicted molar refractivity (Wildman–Crippen MR) is 76.8 cm³/mol. The summed E-state index contributed by atoms with van der Waals surface area (Å²) >= 11 is 7.62. The normalized spacial score (nSPS) is 20.8. The van der Waals surface area contributed by atoms with Gasteiger partial charge in [-0.15, -0.1) is 11.3 Å². The molecule has 0 aliphatic carbocycles. The number of ether oxygens (including phenoxy) is 1. The minimum atomic E-state index is 0.0769. The number of furan rings is 1. The van der Waals surface area contributed by atoms with Crippen molar-refractivity contribution >= 4 is 22.9 Å². The van der Waals surface area contributed by atoms with Crippen molar-refractivity contribution in [3.8, 4) is 0 Å². The minimum Gasteiger partial charge on any atom is -0.467 e. The Morgan fingerprint density at radius 2 is 2.37 bits per heavy atom. The Kier molecular flexibility index (Phi) is 4.23. The Bertz CT molecular complexity index is 505. The molecule has 2 aromatic rings. The van der Waals surface area contributed by atoms with E-state index in [0.29, 0.717) is 5.92 Å². The van der Waals surface area contributed by atoms with Crippen LogP contribution in [0.2, 0.25) is 4.34 Å². The Morgan fingerprint density at radius 1 is 1.42 bits per heavy atom. The first-order chi connectivity index (χ1) is 9.33. The molecule has 0 spiro atoms. The molecule has 5 heteroatoms. The van der Waals surface area contributed by atoms with Gasteiger partial charge in [-0.2, -0.15) is 0 Å². The van der Waals surface area contributed by atoms with Crippen LogP contribution in [-0.4, -0.2) is 19.8 Å². The highest BCUT2D eigenvalue weighted by Crippen LogP contribution is 2.31. The number of thiophene rings is 1. The molecule has 2 aromatic heterocycles. The van der Waals surface area contributed by atoms with Gasteiger partial charge in [0.2, 0.25) is 0 Å². The van der Waals surface area contributed by atoms with Crippen LogP contribution >= 0.6 is 22.9 Å². The van der Waals surface area contributed by atoms with E-state index in [1.807, 2.05) is 18.2 Å². The fraction of sp³-hybridized carbons (Fsp3) is 0.429. The maximum Gasteiger partial charge on any atom is 0.126 e. The van der Waals surface area contributed by atoms with Gasteiger partial charge in [0.05, 0.1) is 17.2 Å². The van der Waals surface area contributed by atoms with Crippen LogP contribution in [0.4, 0.5) is 0 Å². The van der Waals surface area contributed by atoms with Gasteiger partial charge < -0.3 is 14.5 Å². The Morgan fingerprint density at radius 3 is 3.00 bits per heavy atom. The van der Waals surface area contributed by atoms with Crippen molar-refractivity contribution in [2.45, 2.75) is 12.5 Å². The largest absolute Gasteiger partial charge is 0.467 e. The smallest absolute Gasteiger partial charge is 0.126 e. The van der Waals surface area contributed by atoms with Crippen LogP contribution in [0.5, 0.6) is 0 Å². The summed E-state index contributed by atoms with van der Waals surface area (Å²) in [6.45, 7) is 2.66. The van der Waals surface area contributed by atoms with E-state index >= 15 is 0 Å². The van der Waals surface area contributed by atoms with Gasteiger partial charge in [-0.3, -0.25) is 0 Å². The highest BCUT2D eigenvalue weighted by atomic mass is 35.5. The Balaban J connectivity index is 1.73. The molecule has 0 bridgehead atoms. The summed E-state index contributed by atoms with van der Waals surface area (Å²) in [5.41, 5.74) is 0. The second-order valence-electron chi connectivity index (χ2n) is 4.73. The standard InChI is InChI=1S/C14H16ClNO2S/c15-13-4-3-12(19-13)14(11-2-1-6-18-11)16-8-10-5-7-17-9-10/h1-4,6,10,14,16H,5,7-9H2. The fourth-order valence-corrected chi connectivity index (χ4v) is 3.45. The van der Waals surface area contributed by atoms with Crippen LogP contribution in [0.3, 0.4) is 0 Å². The van der Waals surface area contributed by atoms with Crippen molar-refractivity contribution in [1.82, 2.24) is 5.32 Å². The lowest BCUT2D eigenvalue weighted by Gasteiger charge is -2.17. The second-order valence-corrected chi connectivity index (χ2v) is 6.47. The molecule has 1 aliphatic rings. The molecule has 102 valence electrons.